The number of rotatable bonds is 5. The van der Waals surface area contributed by atoms with E-state index >= 15 is 0 Å². The number of halogens is 1. The summed E-state index contributed by atoms with van der Waals surface area (Å²) in [4.78, 5) is 14.8. The van der Waals surface area contributed by atoms with E-state index in [2.05, 4.69) is 22.5 Å². The van der Waals surface area contributed by atoms with Gasteiger partial charge in [0.2, 0.25) is 5.91 Å². The van der Waals surface area contributed by atoms with Crippen LogP contribution in [0.1, 0.15) is 44.2 Å². The van der Waals surface area contributed by atoms with Crippen molar-refractivity contribution in [1.29, 1.82) is 0 Å². The Morgan fingerprint density at radius 1 is 1.33 bits per heavy atom. The zero-order valence-corrected chi connectivity index (χ0v) is 14.4. The Kier molecular flexibility index (Phi) is 5.85. The number of amides is 1. The summed E-state index contributed by atoms with van der Waals surface area (Å²) in [6, 6.07) is 6.97. The Morgan fingerprint density at radius 2 is 2.04 bits per heavy atom. The Hall–Kier alpha value is -1.46. The third-order valence-electron chi connectivity index (χ3n) is 5.40. The van der Waals surface area contributed by atoms with Gasteiger partial charge in [-0.25, -0.2) is 4.39 Å². The lowest BCUT2D eigenvalue weighted by atomic mass is 9.91. The Bertz CT molecular complexity index is 542. The summed E-state index contributed by atoms with van der Waals surface area (Å²) in [6.07, 6.45) is 4.69. The van der Waals surface area contributed by atoms with E-state index in [-0.39, 0.29) is 17.8 Å². The van der Waals surface area contributed by atoms with Crippen LogP contribution in [-0.2, 0) is 4.79 Å². The molecule has 132 valence electrons. The van der Waals surface area contributed by atoms with Gasteiger partial charge >= 0.3 is 0 Å². The maximum absolute atomic E-state index is 13.2. The third kappa shape index (κ3) is 4.33. The van der Waals surface area contributed by atoms with E-state index in [1.54, 1.807) is 0 Å². The minimum atomic E-state index is -0.232. The first-order chi connectivity index (χ1) is 11.6. The van der Waals surface area contributed by atoms with E-state index in [0.717, 1.165) is 38.0 Å². The highest BCUT2D eigenvalue weighted by molar-refractivity contribution is 5.78. The quantitative estimate of drug-likeness (QED) is 0.870. The molecule has 1 aromatic carbocycles. The molecule has 1 saturated heterocycles. The van der Waals surface area contributed by atoms with E-state index in [0.29, 0.717) is 18.5 Å². The maximum Gasteiger partial charge on any atom is 0.234 e. The Labute approximate surface area is 143 Å². The molecule has 1 aliphatic heterocycles. The number of piperazine rings is 1. The van der Waals surface area contributed by atoms with E-state index in [1.807, 2.05) is 12.1 Å². The van der Waals surface area contributed by atoms with Crippen LogP contribution in [0.4, 0.5) is 4.39 Å². The molecule has 5 heteroatoms. The maximum atomic E-state index is 13.2. The molecular weight excluding hydrogens is 305 g/mol. The van der Waals surface area contributed by atoms with Gasteiger partial charge in [0, 0.05) is 25.7 Å². The zero-order chi connectivity index (χ0) is 16.9. The second-order valence-corrected chi connectivity index (χ2v) is 7.16. The van der Waals surface area contributed by atoms with Gasteiger partial charge in [0.25, 0.3) is 0 Å². The van der Waals surface area contributed by atoms with E-state index in [4.69, 9.17) is 0 Å². The summed E-state index contributed by atoms with van der Waals surface area (Å²) in [5.74, 6) is 0.301. The molecule has 2 fully saturated rings. The van der Waals surface area contributed by atoms with Gasteiger partial charge in [0.05, 0.1) is 12.6 Å². The van der Waals surface area contributed by atoms with Crippen LogP contribution in [-0.4, -0.2) is 43.0 Å². The highest BCUT2D eigenvalue weighted by atomic mass is 19.1. The zero-order valence-electron chi connectivity index (χ0n) is 14.4. The monoisotopic (exact) mass is 333 g/mol. The van der Waals surface area contributed by atoms with E-state index in [1.165, 1.54) is 25.0 Å². The minimum Gasteiger partial charge on any atom is -0.348 e. The molecule has 1 heterocycles. The van der Waals surface area contributed by atoms with Crippen LogP contribution < -0.4 is 10.6 Å². The number of nitrogens with zero attached hydrogens (tertiary/aromatic N) is 1. The molecule has 24 heavy (non-hydrogen) atoms. The summed E-state index contributed by atoms with van der Waals surface area (Å²) in [7, 11) is 0. The number of carbonyl (C=O) groups is 1. The molecule has 1 aromatic rings. The molecule has 3 rings (SSSR count). The molecule has 1 saturated carbocycles. The van der Waals surface area contributed by atoms with Gasteiger partial charge in [-0.15, -0.1) is 0 Å². The first kappa shape index (κ1) is 17.4. The van der Waals surface area contributed by atoms with Crippen molar-refractivity contribution in [2.24, 2.45) is 5.92 Å². The molecule has 4 nitrogen and oxygen atoms in total. The molecule has 2 aliphatic rings. The van der Waals surface area contributed by atoms with Crippen LogP contribution in [0, 0.1) is 11.7 Å². The fraction of sp³-hybridized carbons (Fsp3) is 0.632. The van der Waals surface area contributed by atoms with Gasteiger partial charge in [-0.05, 0) is 43.4 Å². The number of hydrogen-bond donors (Lipinski definition) is 2. The summed E-state index contributed by atoms with van der Waals surface area (Å²) in [5, 5.41) is 6.58. The standard InChI is InChI=1S/C19H28FN3O/c1-14-12-21-10-11-23(14)13-18(24)22-19(15-4-2-3-5-15)16-6-8-17(20)9-7-16/h6-9,14-15,19,21H,2-5,10-13H2,1H3,(H,22,24)/t14-,19?/m0/s1. The summed E-state index contributed by atoms with van der Waals surface area (Å²) < 4.78 is 13.2. The number of benzene rings is 1. The van der Waals surface area contributed by atoms with Gasteiger partial charge in [-0.2, -0.15) is 0 Å². The molecule has 1 unspecified atom stereocenters. The van der Waals surface area contributed by atoms with Crippen LogP contribution in [0.15, 0.2) is 24.3 Å². The normalized spacial score (nSPS) is 24.0. The molecule has 2 atom stereocenters. The molecule has 1 amide bonds. The SMILES string of the molecule is C[C@H]1CNCCN1CC(=O)NC(c1ccc(F)cc1)C1CCCC1. The average molecular weight is 333 g/mol. The largest absolute Gasteiger partial charge is 0.348 e. The van der Waals surface area contributed by atoms with Crippen molar-refractivity contribution in [3.05, 3.63) is 35.6 Å². The number of nitrogens with one attached hydrogen (secondary N) is 2. The second kappa shape index (κ2) is 8.08. The summed E-state index contributed by atoms with van der Waals surface area (Å²) >= 11 is 0. The fourth-order valence-corrected chi connectivity index (χ4v) is 3.96. The van der Waals surface area contributed by atoms with Crippen LogP contribution in [0.2, 0.25) is 0 Å². The topological polar surface area (TPSA) is 44.4 Å². The highest BCUT2D eigenvalue weighted by Crippen LogP contribution is 2.35. The molecule has 0 radical (unpaired) electrons. The van der Waals surface area contributed by atoms with Gasteiger partial charge in [0.15, 0.2) is 0 Å². The Balaban J connectivity index is 1.66. The van der Waals surface area contributed by atoms with Crippen LogP contribution >= 0.6 is 0 Å². The van der Waals surface area contributed by atoms with Crippen molar-refractivity contribution >= 4 is 5.91 Å². The third-order valence-corrected chi connectivity index (χ3v) is 5.40. The molecule has 0 bridgehead atoms. The fourth-order valence-electron chi connectivity index (χ4n) is 3.96. The van der Waals surface area contributed by atoms with Crippen molar-refractivity contribution in [2.75, 3.05) is 26.2 Å². The molecular formula is C19H28FN3O. The van der Waals surface area contributed by atoms with Crippen molar-refractivity contribution in [3.63, 3.8) is 0 Å². The second-order valence-electron chi connectivity index (χ2n) is 7.16. The van der Waals surface area contributed by atoms with E-state index in [9.17, 15) is 9.18 Å². The van der Waals surface area contributed by atoms with Crippen LogP contribution in [0.25, 0.3) is 0 Å². The summed E-state index contributed by atoms with van der Waals surface area (Å²) in [6.45, 7) is 5.35. The number of hydrogen-bond acceptors (Lipinski definition) is 3. The molecule has 0 spiro atoms. The van der Waals surface area contributed by atoms with Crippen molar-refractivity contribution in [1.82, 2.24) is 15.5 Å². The molecule has 1 aliphatic carbocycles. The first-order valence-corrected chi connectivity index (χ1v) is 9.13. The molecule has 2 N–H and O–H groups in total. The van der Waals surface area contributed by atoms with Crippen molar-refractivity contribution in [2.45, 2.75) is 44.7 Å². The lowest BCUT2D eigenvalue weighted by Crippen LogP contribution is -2.53. The lowest BCUT2D eigenvalue weighted by molar-refractivity contribution is -0.124. The van der Waals surface area contributed by atoms with E-state index < -0.39 is 0 Å². The summed E-state index contributed by atoms with van der Waals surface area (Å²) in [5.41, 5.74) is 1.02. The van der Waals surface area contributed by atoms with Gasteiger partial charge in [-0.3, -0.25) is 9.69 Å². The van der Waals surface area contributed by atoms with Crippen LogP contribution in [0.5, 0.6) is 0 Å². The Morgan fingerprint density at radius 3 is 2.71 bits per heavy atom. The van der Waals surface area contributed by atoms with Crippen molar-refractivity contribution in [3.8, 4) is 0 Å². The van der Waals surface area contributed by atoms with Crippen LogP contribution in [0.3, 0.4) is 0 Å². The predicted molar refractivity (Wildman–Crippen MR) is 93.1 cm³/mol. The van der Waals surface area contributed by atoms with Gasteiger partial charge < -0.3 is 10.6 Å². The highest BCUT2D eigenvalue weighted by Gasteiger charge is 2.29. The van der Waals surface area contributed by atoms with Gasteiger partial charge in [-0.1, -0.05) is 25.0 Å². The molecule has 0 aromatic heterocycles. The first-order valence-electron chi connectivity index (χ1n) is 9.13. The van der Waals surface area contributed by atoms with Crippen molar-refractivity contribution < 1.29 is 9.18 Å². The minimum absolute atomic E-state index is 0.00109. The number of carbonyl (C=O) groups excluding carboxylic acids is 1. The lowest BCUT2D eigenvalue weighted by Gasteiger charge is -2.34. The predicted octanol–water partition coefficient (Wildman–Crippen LogP) is 2.47. The average Bonchev–Trinajstić information content (AvgIpc) is 3.10. The smallest absolute Gasteiger partial charge is 0.234 e. The van der Waals surface area contributed by atoms with Gasteiger partial charge in [0.1, 0.15) is 5.82 Å².